The number of rotatable bonds is 6. The van der Waals surface area contributed by atoms with Crippen molar-refractivity contribution >= 4 is 11.4 Å². The molecule has 0 aliphatic rings. The van der Waals surface area contributed by atoms with Crippen LogP contribution in [-0.4, -0.2) is 12.6 Å². The second kappa shape index (κ2) is 6.62. The highest BCUT2D eigenvalue weighted by atomic mass is 19.1. The molecule has 0 fully saturated rings. The molecule has 0 amide bonds. The van der Waals surface area contributed by atoms with Crippen LogP contribution in [0.3, 0.4) is 0 Å². The van der Waals surface area contributed by atoms with E-state index in [1.54, 1.807) is 6.92 Å². The third-order valence-electron chi connectivity index (χ3n) is 3.24. The van der Waals surface area contributed by atoms with Gasteiger partial charge in [-0.05, 0) is 44.9 Å². The zero-order valence-corrected chi connectivity index (χ0v) is 12.0. The normalized spacial score (nSPS) is 11.0. The SMILES string of the molecule is CCCCCN(c1cc(C)c(F)cc1N)C(C)C. The van der Waals surface area contributed by atoms with Crippen LogP contribution in [0.15, 0.2) is 12.1 Å². The van der Waals surface area contributed by atoms with E-state index >= 15 is 0 Å². The fourth-order valence-corrected chi connectivity index (χ4v) is 2.12. The summed E-state index contributed by atoms with van der Waals surface area (Å²) in [6.07, 6.45) is 3.55. The minimum Gasteiger partial charge on any atom is -0.397 e. The van der Waals surface area contributed by atoms with E-state index < -0.39 is 0 Å². The zero-order chi connectivity index (χ0) is 13.7. The lowest BCUT2D eigenvalue weighted by Gasteiger charge is -2.30. The van der Waals surface area contributed by atoms with Gasteiger partial charge < -0.3 is 10.6 Å². The maximum Gasteiger partial charge on any atom is 0.128 e. The largest absolute Gasteiger partial charge is 0.397 e. The summed E-state index contributed by atoms with van der Waals surface area (Å²) >= 11 is 0. The van der Waals surface area contributed by atoms with E-state index in [4.69, 9.17) is 5.73 Å². The van der Waals surface area contributed by atoms with Gasteiger partial charge in [-0.1, -0.05) is 19.8 Å². The van der Waals surface area contributed by atoms with E-state index in [0.717, 1.165) is 18.7 Å². The van der Waals surface area contributed by atoms with Gasteiger partial charge in [0, 0.05) is 12.6 Å². The maximum atomic E-state index is 13.4. The van der Waals surface area contributed by atoms with E-state index in [2.05, 4.69) is 25.7 Å². The third-order valence-corrected chi connectivity index (χ3v) is 3.24. The Hall–Kier alpha value is -1.25. The Labute approximate surface area is 110 Å². The van der Waals surface area contributed by atoms with Gasteiger partial charge in [0.2, 0.25) is 0 Å². The van der Waals surface area contributed by atoms with Gasteiger partial charge >= 0.3 is 0 Å². The van der Waals surface area contributed by atoms with Crippen LogP contribution in [0.4, 0.5) is 15.8 Å². The Balaban J connectivity index is 2.95. The van der Waals surface area contributed by atoms with Crippen LogP contribution in [0.5, 0.6) is 0 Å². The van der Waals surface area contributed by atoms with Crippen LogP contribution in [0.25, 0.3) is 0 Å². The predicted octanol–water partition coefficient (Wildman–Crippen LogP) is 4.12. The molecular weight excluding hydrogens is 227 g/mol. The molecule has 0 atom stereocenters. The first-order valence-corrected chi connectivity index (χ1v) is 6.79. The van der Waals surface area contributed by atoms with Gasteiger partial charge in [-0.3, -0.25) is 0 Å². The van der Waals surface area contributed by atoms with Crippen LogP contribution < -0.4 is 10.6 Å². The summed E-state index contributed by atoms with van der Waals surface area (Å²) in [6.45, 7) is 9.23. The number of nitrogens with zero attached hydrogens (tertiary/aromatic N) is 1. The molecule has 0 radical (unpaired) electrons. The second-order valence-corrected chi connectivity index (χ2v) is 5.15. The number of hydrogen-bond donors (Lipinski definition) is 1. The topological polar surface area (TPSA) is 29.3 Å². The highest BCUT2D eigenvalue weighted by molar-refractivity contribution is 5.69. The van der Waals surface area contributed by atoms with E-state index in [-0.39, 0.29) is 5.82 Å². The van der Waals surface area contributed by atoms with Crippen molar-refractivity contribution < 1.29 is 4.39 Å². The number of nitrogen functional groups attached to an aromatic ring is 1. The number of aryl methyl sites for hydroxylation is 1. The van der Waals surface area contributed by atoms with Crippen LogP contribution >= 0.6 is 0 Å². The molecule has 0 bridgehead atoms. The second-order valence-electron chi connectivity index (χ2n) is 5.15. The van der Waals surface area contributed by atoms with Crippen LogP contribution in [0.1, 0.15) is 45.6 Å². The molecule has 0 aromatic heterocycles. The van der Waals surface area contributed by atoms with Crippen LogP contribution in [-0.2, 0) is 0 Å². The number of halogens is 1. The highest BCUT2D eigenvalue weighted by Crippen LogP contribution is 2.28. The summed E-state index contributed by atoms with van der Waals surface area (Å²) in [4.78, 5) is 2.26. The Kier molecular flexibility index (Phi) is 5.45. The van der Waals surface area contributed by atoms with Crippen molar-refractivity contribution in [3.63, 3.8) is 0 Å². The molecule has 0 aliphatic carbocycles. The molecule has 0 saturated heterocycles. The Bertz CT molecular complexity index is 388. The number of unbranched alkanes of at least 4 members (excludes halogenated alkanes) is 2. The average Bonchev–Trinajstić information content (AvgIpc) is 2.30. The summed E-state index contributed by atoms with van der Waals surface area (Å²) in [5, 5.41) is 0. The summed E-state index contributed by atoms with van der Waals surface area (Å²) in [6, 6.07) is 3.66. The minimum absolute atomic E-state index is 0.228. The van der Waals surface area contributed by atoms with Gasteiger partial charge in [-0.2, -0.15) is 0 Å². The molecule has 1 aromatic carbocycles. The monoisotopic (exact) mass is 252 g/mol. The number of anilines is 2. The number of benzene rings is 1. The fourth-order valence-electron chi connectivity index (χ4n) is 2.12. The van der Waals surface area contributed by atoms with Crippen molar-refractivity contribution in [2.75, 3.05) is 17.2 Å². The molecule has 0 saturated carbocycles. The molecule has 0 heterocycles. The molecule has 3 heteroatoms. The zero-order valence-electron chi connectivity index (χ0n) is 12.0. The van der Waals surface area contributed by atoms with E-state index in [1.807, 2.05) is 6.07 Å². The highest BCUT2D eigenvalue weighted by Gasteiger charge is 2.14. The minimum atomic E-state index is -0.228. The van der Waals surface area contributed by atoms with Crippen LogP contribution in [0.2, 0.25) is 0 Å². The number of nitrogens with two attached hydrogens (primary N) is 1. The van der Waals surface area contributed by atoms with Gasteiger partial charge in [0.1, 0.15) is 5.82 Å². The Morgan fingerprint density at radius 2 is 1.94 bits per heavy atom. The molecule has 0 unspecified atom stereocenters. The average molecular weight is 252 g/mol. The maximum absolute atomic E-state index is 13.4. The van der Waals surface area contributed by atoms with Crippen LogP contribution in [0, 0.1) is 12.7 Å². The summed E-state index contributed by atoms with van der Waals surface area (Å²) < 4.78 is 13.4. The molecule has 18 heavy (non-hydrogen) atoms. The quantitative estimate of drug-likeness (QED) is 0.609. The standard InChI is InChI=1S/C15H25FN2/c1-5-6-7-8-18(11(2)3)15-9-12(4)13(16)10-14(15)17/h9-11H,5-8,17H2,1-4H3. The molecule has 102 valence electrons. The molecular formula is C15H25FN2. The summed E-state index contributed by atoms with van der Waals surface area (Å²) in [5.74, 6) is -0.228. The Morgan fingerprint density at radius 3 is 2.50 bits per heavy atom. The van der Waals surface area contributed by atoms with Gasteiger partial charge in [0.25, 0.3) is 0 Å². The van der Waals surface area contributed by atoms with Gasteiger partial charge in [-0.15, -0.1) is 0 Å². The van der Waals surface area contributed by atoms with Gasteiger partial charge in [0.15, 0.2) is 0 Å². The van der Waals surface area contributed by atoms with E-state index in [9.17, 15) is 4.39 Å². The summed E-state index contributed by atoms with van der Waals surface area (Å²) in [7, 11) is 0. The Morgan fingerprint density at radius 1 is 1.28 bits per heavy atom. The molecule has 0 aliphatic heterocycles. The molecule has 1 aromatic rings. The first-order chi connectivity index (χ1) is 8.47. The van der Waals surface area contributed by atoms with Crippen molar-refractivity contribution in [3.8, 4) is 0 Å². The van der Waals surface area contributed by atoms with E-state index in [0.29, 0.717) is 17.3 Å². The molecule has 2 N–H and O–H groups in total. The lowest BCUT2D eigenvalue weighted by molar-refractivity contribution is 0.612. The predicted molar refractivity (Wildman–Crippen MR) is 77.6 cm³/mol. The fraction of sp³-hybridized carbons (Fsp3) is 0.600. The first kappa shape index (κ1) is 14.8. The van der Waals surface area contributed by atoms with Crippen molar-refractivity contribution in [2.24, 2.45) is 0 Å². The van der Waals surface area contributed by atoms with Crippen molar-refractivity contribution in [3.05, 3.63) is 23.5 Å². The smallest absolute Gasteiger partial charge is 0.128 e. The molecule has 1 rings (SSSR count). The lowest BCUT2D eigenvalue weighted by atomic mass is 10.1. The van der Waals surface area contributed by atoms with Crippen molar-refractivity contribution in [2.45, 2.75) is 53.0 Å². The van der Waals surface area contributed by atoms with Gasteiger partial charge in [0.05, 0.1) is 11.4 Å². The first-order valence-electron chi connectivity index (χ1n) is 6.79. The van der Waals surface area contributed by atoms with Crippen molar-refractivity contribution in [1.82, 2.24) is 0 Å². The third kappa shape index (κ3) is 3.62. The molecule has 2 nitrogen and oxygen atoms in total. The van der Waals surface area contributed by atoms with Gasteiger partial charge in [-0.25, -0.2) is 4.39 Å². The summed E-state index contributed by atoms with van der Waals surface area (Å²) in [5.41, 5.74) is 8.09. The molecule has 0 spiro atoms. The van der Waals surface area contributed by atoms with E-state index in [1.165, 1.54) is 18.9 Å². The number of hydrogen-bond acceptors (Lipinski definition) is 2. The lowest BCUT2D eigenvalue weighted by Crippen LogP contribution is -2.32. The van der Waals surface area contributed by atoms with Crippen molar-refractivity contribution in [1.29, 1.82) is 0 Å².